The van der Waals surface area contributed by atoms with E-state index in [0.717, 1.165) is 29.5 Å². The molecule has 0 bridgehead atoms. The van der Waals surface area contributed by atoms with Gasteiger partial charge in [-0.25, -0.2) is 13.2 Å². The van der Waals surface area contributed by atoms with Gasteiger partial charge < -0.3 is 5.32 Å². The summed E-state index contributed by atoms with van der Waals surface area (Å²) in [5.74, 6) is -3.40. The number of para-hydroxylation sites is 1. The monoisotopic (exact) mass is 350 g/mol. The van der Waals surface area contributed by atoms with Gasteiger partial charge in [0, 0.05) is 13.5 Å². The van der Waals surface area contributed by atoms with Gasteiger partial charge in [0.2, 0.25) is 11.8 Å². The van der Waals surface area contributed by atoms with Crippen molar-refractivity contribution in [3.05, 3.63) is 65.5 Å². The molecule has 0 radical (unpaired) electrons. The van der Waals surface area contributed by atoms with Crippen molar-refractivity contribution in [1.29, 1.82) is 0 Å². The van der Waals surface area contributed by atoms with Gasteiger partial charge in [0.1, 0.15) is 29.7 Å². The molecule has 25 heavy (non-hydrogen) atoms. The van der Waals surface area contributed by atoms with Crippen molar-refractivity contribution in [3.63, 3.8) is 0 Å². The van der Waals surface area contributed by atoms with Crippen molar-refractivity contribution >= 4 is 17.5 Å². The van der Waals surface area contributed by atoms with Crippen LogP contribution >= 0.6 is 0 Å². The summed E-state index contributed by atoms with van der Waals surface area (Å²) >= 11 is 0. The standard InChI is InChI=1S/C18H17F3N2O2/c1-12(24)23(18-15(20)3-2-4-16(18)21)11-17(25)22-10-9-13-5-7-14(19)8-6-13/h2-8H,9-11H2,1H3,(H,22,25). The van der Waals surface area contributed by atoms with Crippen LogP contribution in [0.3, 0.4) is 0 Å². The first-order valence-electron chi connectivity index (χ1n) is 7.61. The zero-order valence-electron chi connectivity index (χ0n) is 13.6. The molecule has 2 rings (SSSR count). The molecule has 7 heteroatoms. The molecule has 2 amide bonds. The largest absolute Gasteiger partial charge is 0.354 e. The van der Waals surface area contributed by atoms with Crippen LogP contribution in [-0.4, -0.2) is 24.9 Å². The molecule has 0 unspecified atom stereocenters. The summed E-state index contributed by atoms with van der Waals surface area (Å²) in [6.45, 7) is 0.865. The summed E-state index contributed by atoms with van der Waals surface area (Å²) in [7, 11) is 0. The van der Waals surface area contributed by atoms with Gasteiger partial charge in [-0.2, -0.15) is 0 Å². The fourth-order valence-electron chi connectivity index (χ4n) is 2.29. The van der Waals surface area contributed by atoms with Crippen LogP contribution < -0.4 is 10.2 Å². The SMILES string of the molecule is CC(=O)N(CC(=O)NCCc1ccc(F)cc1)c1c(F)cccc1F. The van der Waals surface area contributed by atoms with Crippen LogP contribution in [0.1, 0.15) is 12.5 Å². The molecule has 0 aromatic heterocycles. The van der Waals surface area contributed by atoms with Gasteiger partial charge in [0.05, 0.1) is 0 Å². The van der Waals surface area contributed by atoms with E-state index in [-0.39, 0.29) is 12.4 Å². The molecular formula is C18H17F3N2O2. The Morgan fingerprint density at radius 1 is 1.00 bits per heavy atom. The van der Waals surface area contributed by atoms with Crippen LogP contribution in [0.25, 0.3) is 0 Å². The first-order chi connectivity index (χ1) is 11.9. The number of carbonyl (C=O) groups is 2. The smallest absolute Gasteiger partial charge is 0.240 e. The minimum Gasteiger partial charge on any atom is -0.354 e. The van der Waals surface area contributed by atoms with Crippen LogP contribution in [0.4, 0.5) is 18.9 Å². The van der Waals surface area contributed by atoms with E-state index in [1.165, 1.54) is 18.2 Å². The molecule has 0 aliphatic heterocycles. The molecule has 0 saturated heterocycles. The van der Waals surface area contributed by atoms with Crippen molar-refractivity contribution in [2.45, 2.75) is 13.3 Å². The molecule has 0 heterocycles. The Morgan fingerprint density at radius 3 is 2.16 bits per heavy atom. The zero-order chi connectivity index (χ0) is 18.4. The number of nitrogens with one attached hydrogen (secondary N) is 1. The number of anilines is 1. The lowest BCUT2D eigenvalue weighted by Crippen LogP contribution is -2.41. The number of benzene rings is 2. The molecule has 0 aliphatic rings. The van der Waals surface area contributed by atoms with Crippen LogP contribution in [0.15, 0.2) is 42.5 Å². The summed E-state index contributed by atoms with van der Waals surface area (Å²) in [4.78, 5) is 24.4. The molecule has 1 N–H and O–H groups in total. The fourth-order valence-corrected chi connectivity index (χ4v) is 2.29. The quantitative estimate of drug-likeness (QED) is 0.871. The second-order valence-corrected chi connectivity index (χ2v) is 5.40. The number of halogens is 3. The lowest BCUT2D eigenvalue weighted by atomic mass is 10.1. The number of nitrogens with zero attached hydrogens (tertiary/aromatic N) is 1. The molecule has 2 aromatic rings. The minimum absolute atomic E-state index is 0.246. The molecule has 0 fully saturated rings. The molecule has 0 spiro atoms. The maximum Gasteiger partial charge on any atom is 0.240 e. The molecule has 132 valence electrons. The summed E-state index contributed by atoms with van der Waals surface area (Å²) < 4.78 is 40.5. The fraction of sp³-hybridized carbons (Fsp3) is 0.222. The second kappa shape index (κ2) is 8.32. The van der Waals surface area contributed by atoms with Crippen LogP contribution in [-0.2, 0) is 16.0 Å². The highest BCUT2D eigenvalue weighted by Crippen LogP contribution is 2.23. The molecule has 0 aliphatic carbocycles. The Morgan fingerprint density at radius 2 is 1.60 bits per heavy atom. The Labute approximate surface area is 143 Å². The predicted octanol–water partition coefficient (Wildman–Crippen LogP) is 2.82. The predicted molar refractivity (Wildman–Crippen MR) is 87.5 cm³/mol. The molecular weight excluding hydrogens is 333 g/mol. The van der Waals surface area contributed by atoms with Crippen molar-refractivity contribution in [3.8, 4) is 0 Å². The van der Waals surface area contributed by atoms with Gasteiger partial charge >= 0.3 is 0 Å². The first-order valence-corrected chi connectivity index (χ1v) is 7.61. The van der Waals surface area contributed by atoms with E-state index in [4.69, 9.17) is 0 Å². The first kappa shape index (κ1) is 18.5. The van der Waals surface area contributed by atoms with E-state index in [1.54, 1.807) is 12.1 Å². The van der Waals surface area contributed by atoms with Crippen molar-refractivity contribution in [2.24, 2.45) is 0 Å². The molecule has 2 aromatic carbocycles. The average Bonchev–Trinajstić information content (AvgIpc) is 2.55. The van der Waals surface area contributed by atoms with E-state index in [1.807, 2.05) is 0 Å². The average molecular weight is 350 g/mol. The topological polar surface area (TPSA) is 49.4 Å². The second-order valence-electron chi connectivity index (χ2n) is 5.40. The van der Waals surface area contributed by atoms with Gasteiger partial charge in [-0.05, 0) is 36.2 Å². The third-order valence-electron chi connectivity index (χ3n) is 3.54. The number of hydrogen-bond acceptors (Lipinski definition) is 2. The number of amides is 2. The highest BCUT2D eigenvalue weighted by Gasteiger charge is 2.22. The van der Waals surface area contributed by atoms with E-state index in [0.29, 0.717) is 6.42 Å². The Bertz CT molecular complexity index is 743. The molecule has 4 nitrogen and oxygen atoms in total. The van der Waals surface area contributed by atoms with Gasteiger partial charge in [-0.1, -0.05) is 18.2 Å². The van der Waals surface area contributed by atoms with E-state index >= 15 is 0 Å². The lowest BCUT2D eigenvalue weighted by molar-refractivity contribution is -0.123. The number of carbonyl (C=O) groups excluding carboxylic acids is 2. The van der Waals surface area contributed by atoms with E-state index in [9.17, 15) is 22.8 Å². The Kier molecular flexibility index (Phi) is 6.16. The summed E-state index contributed by atoms with van der Waals surface area (Å²) in [5.41, 5.74) is 0.272. The Hall–Kier alpha value is -2.83. The summed E-state index contributed by atoms with van der Waals surface area (Å²) in [6.07, 6.45) is 0.458. The Balaban J connectivity index is 1.96. The summed E-state index contributed by atoms with van der Waals surface area (Å²) in [5, 5.41) is 2.57. The third-order valence-corrected chi connectivity index (χ3v) is 3.54. The van der Waals surface area contributed by atoms with Gasteiger partial charge in [0.15, 0.2) is 0 Å². The van der Waals surface area contributed by atoms with Crippen molar-refractivity contribution in [2.75, 3.05) is 18.0 Å². The maximum atomic E-state index is 13.8. The van der Waals surface area contributed by atoms with E-state index in [2.05, 4.69) is 5.32 Å². The van der Waals surface area contributed by atoms with Gasteiger partial charge in [-0.15, -0.1) is 0 Å². The van der Waals surface area contributed by atoms with Crippen molar-refractivity contribution in [1.82, 2.24) is 5.32 Å². The minimum atomic E-state index is -0.922. The van der Waals surface area contributed by atoms with Crippen LogP contribution in [0.5, 0.6) is 0 Å². The maximum absolute atomic E-state index is 13.8. The van der Waals surface area contributed by atoms with E-state index < -0.39 is 35.7 Å². The molecule has 0 atom stereocenters. The third kappa shape index (κ3) is 5.07. The van der Waals surface area contributed by atoms with Gasteiger partial charge in [0.25, 0.3) is 0 Å². The normalized spacial score (nSPS) is 10.4. The van der Waals surface area contributed by atoms with Crippen molar-refractivity contribution < 1.29 is 22.8 Å². The highest BCUT2D eigenvalue weighted by molar-refractivity contribution is 5.97. The number of rotatable bonds is 6. The number of hydrogen-bond donors (Lipinski definition) is 1. The summed E-state index contributed by atoms with van der Waals surface area (Å²) in [6, 6.07) is 9.03. The highest BCUT2D eigenvalue weighted by atomic mass is 19.1. The van der Waals surface area contributed by atoms with Crippen LogP contribution in [0.2, 0.25) is 0 Å². The van der Waals surface area contributed by atoms with Crippen LogP contribution in [0, 0.1) is 17.5 Å². The lowest BCUT2D eigenvalue weighted by Gasteiger charge is -2.21. The molecule has 0 saturated carbocycles. The van der Waals surface area contributed by atoms with Gasteiger partial charge in [-0.3, -0.25) is 14.5 Å². The zero-order valence-corrected chi connectivity index (χ0v) is 13.6.